The van der Waals surface area contributed by atoms with Crippen LogP contribution in [0.1, 0.15) is 24.5 Å². The number of phenols is 4. The molecule has 2 unspecified atom stereocenters. The van der Waals surface area contributed by atoms with Crippen molar-refractivity contribution in [2.24, 2.45) is 0 Å². The van der Waals surface area contributed by atoms with E-state index < -0.39 is 29.4 Å². The predicted molar refractivity (Wildman–Crippen MR) is 94.3 cm³/mol. The number of esters is 1. The number of rotatable bonds is 4. The van der Waals surface area contributed by atoms with Crippen molar-refractivity contribution in [2.75, 3.05) is 0 Å². The maximum atomic E-state index is 12.0. The third-order valence-corrected chi connectivity index (χ3v) is 4.75. The molecule has 2 aromatic rings. The third kappa shape index (κ3) is 2.83. The first-order valence-corrected chi connectivity index (χ1v) is 8.65. The molecule has 2 heterocycles. The first-order chi connectivity index (χ1) is 13.3. The Bertz CT molecular complexity index is 955. The summed E-state index contributed by atoms with van der Waals surface area (Å²) in [4.78, 5) is 12.0. The fraction of sp³-hybridized carbons (Fsp3) is 0.250. The highest BCUT2D eigenvalue weighted by atomic mass is 16.8. The van der Waals surface area contributed by atoms with E-state index in [2.05, 4.69) is 0 Å². The first kappa shape index (κ1) is 17.8. The van der Waals surface area contributed by atoms with Crippen molar-refractivity contribution in [2.45, 2.75) is 31.7 Å². The Morgan fingerprint density at radius 1 is 0.964 bits per heavy atom. The van der Waals surface area contributed by atoms with Gasteiger partial charge in [0.1, 0.15) is 28.6 Å². The van der Waals surface area contributed by atoms with E-state index in [9.17, 15) is 25.2 Å². The van der Waals surface area contributed by atoms with Crippen LogP contribution in [0.4, 0.5) is 0 Å². The largest absolute Gasteiger partial charge is 0.508 e. The van der Waals surface area contributed by atoms with Crippen LogP contribution >= 0.6 is 0 Å². The first-order valence-electron chi connectivity index (χ1n) is 8.65. The second kappa shape index (κ2) is 6.26. The molecule has 0 aliphatic carbocycles. The number of carbonyl (C=O) groups is 1. The highest BCUT2D eigenvalue weighted by molar-refractivity contribution is 5.90. The zero-order valence-electron chi connectivity index (χ0n) is 14.9. The monoisotopic (exact) mass is 386 g/mol. The average molecular weight is 386 g/mol. The Labute approximate surface area is 159 Å². The van der Waals surface area contributed by atoms with Gasteiger partial charge in [-0.3, -0.25) is 0 Å². The van der Waals surface area contributed by atoms with Gasteiger partial charge in [-0.25, -0.2) is 4.79 Å². The van der Waals surface area contributed by atoms with E-state index in [1.165, 1.54) is 12.1 Å². The van der Waals surface area contributed by atoms with Gasteiger partial charge in [0.05, 0.1) is 0 Å². The van der Waals surface area contributed by atoms with Crippen LogP contribution in [0.25, 0.3) is 0 Å². The molecular weight excluding hydrogens is 368 g/mol. The van der Waals surface area contributed by atoms with E-state index in [1.54, 1.807) is 19.1 Å². The standard InChI is InChI=1S/C20H18O8/c1-10-17-18(19(25)26-10)28-20(27-17,7-6-11-2-4-12(21)5-3-11)16-14(23)8-13(22)9-15(16)24/h2-5,8-10,21-24H,6-7H2,1H3. The summed E-state index contributed by atoms with van der Waals surface area (Å²) >= 11 is 0. The van der Waals surface area contributed by atoms with Crippen LogP contribution in [0.2, 0.25) is 0 Å². The molecule has 146 valence electrons. The number of hydrogen-bond acceptors (Lipinski definition) is 8. The summed E-state index contributed by atoms with van der Waals surface area (Å²) in [5.74, 6) is -3.38. The van der Waals surface area contributed by atoms with Crippen LogP contribution in [0.5, 0.6) is 23.0 Å². The van der Waals surface area contributed by atoms with Crippen molar-refractivity contribution in [3.8, 4) is 23.0 Å². The maximum Gasteiger partial charge on any atom is 0.378 e. The van der Waals surface area contributed by atoms with Crippen LogP contribution in [0.3, 0.4) is 0 Å². The van der Waals surface area contributed by atoms with Gasteiger partial charge in [-0.05, 0) is 31.0 Å². The van der Waals surface area contributed by atoms with Crippen molar-refractivity contribution in [3.63, 3.8) is 0 Å². The van der Waals surface area contributed by atoms with Crippen LogP contribution in [0.15, 0.2) is 47.9 Å². The predicted octanol–water partition coefficient (Wildman–Crippen LogP) is 2.50. The Morgan fingerprint density at radius 3 is 2.21 bits per heavy atom. The van der Waals surface area contributed by atoms with Crippen molar-refractivity contribution in [1.82, 2.24) is 0 Å². The highest BCUT2D eigenvalue weighted by Crippen LogP contribution is 2.52. The van der Waals surface area contributed by atoms with E-state index in [1.807, 2.05) is 0 Å². The number of phenolic OH excluding ortho intramolecular Hbond substituents is 4. The molecule has 0 bridgehead atoms. The third-order valence-electron chi connectivity index (χ3n) is 4.75. The van der Waals surface area contributed by atoms with Crippen LogP contribution in [-0.2, 0) is 31.2 Å². The molecule has 2 aromatic carbocycles. The van der Waals surface area contributed by atoms with Gasteiger partial charge in [0.2, 0.25) is 0 Å². The second-order valence-electron chi connectivity index (χ2n) is 6.72. The summed E-state index contributed by atoms with van der Waals surface area (Å²) < 4.78 is 16.8. The van der Waals surface area contributed by atoms with Crippen molar-refractivity contribution < 1.29 is 39.4 Å². The maximum absolute atomic E-state index is 12.0. The fourth-order valence-electron chi connectivity index (χ4n) is 3.43. The number of aryl methyl sites for hydroxylation is 1. The Kier molecular flexibility index (Phi) is 3.99. The summed E-state index contributed by atoms with van der Waals surface area (Å²) in [6.45, 7) is 1.62. The van der Waals surface area contributed by atoms with Crippen molar-refractivity contribution in [1.29, 1.82) is 0 Å². The number of hydrogen-bond donors (Lipinski definition) is 4. The Morgan fingerprint density at radius 2 is 1.61 bits per heavy atom. The summed E-state index contributed by atoms with van der Waals surface area (Å²) in [6, 6.07) is 8.60. The second-order valence-corrected chi connectivity index (χ2v) is 6.72. The molecular formula is C20H18O8. The lowest BCUT2D eigenvalue weighted by Crippen LogP contribution is -2.32. The highest BCUT2D eigenvalue weighted by Gasteiger charge is 2.54. The summed E-state index contributed by atoms with van der Waals surface area (Å²) in [7, 11) is 0. The molecule has 0 saturated heterocycles. The molecule has 0 fully saturated rings. The normalized spacial score (nSPS) is 23.2. The summed E-state index contributed by atoms with van der Waals surface area (Å²) in [5.41, 5.74) is 0.739. The molecule has 0 spiro atoms. The van der Waals surface area contributed by atoms with Gasteiger partial charge in [0, 0.05) is 18.6 Å². The molecule has 0 aromatic heterocycles. The van der Waals surface area contributed by atoms with E-state index in [0.29, 0.717) is 6.42 Å². The van der Waals surface area contributed by atoms with Crippen LogP contribution < -0.4 is 0 Å². The van der Waals surface area contributed by atoms with Gasteiger partial charge in [0.15, 0.2) is 11.9 Å². The number of benzene rings is 2. The Balaban J connectivity index is 1.73. The molecule has 0 saturated carbocycles. The molecule has 0 amide bonds. The van der Waals surface area contributed by atoms with Gasteiger partial charge >= 0.3 is 5.97 Å². The zero-order chi connectivity index (χ0) is 20.1. The van der Waals surface area contributed by atoms with Gasteiger partial charge in [-0.2, -0.15) is 0 Å². The topological polar surface area (TPSA) is 126 Å². The van der Waals surface area contributed by atoms with Crippen LogP contribution in [-0.4, -0.2) is 32.5 Å². The van der Waals surface area contributed by atoms with Gasteiger partial charge in [-0.1, -0.05) is 12.1 Å². The lowest BCUT2D eigenvalue weighted by atomic mass is 9.95. The molecule has 8 nitrogen and oxygen atoms in total. The average Bonchev–Trinajstić information content (AvgIpc) is 3.12. The number of cyclic esters (lactones) is 1. The van der Waals surface area contributed by atoms with Gasteiger partial charge in [-0.15, -0.1) is 0 Å². The molecule has 2 aliphatic heterocycles. The number of aromatic hydroxyl groups is 4. The minimum atomic E-state index is -1.68. The smallest absolute Gasteiger partial charge is 0.378 e. The minimum Gasteiger partial charge on any atom is -0.508 e. The molecule has 2 atom stereocenters. The van der Waals surface area contributed by atoms with Gasteiger partial charge in [0.25, 0.3) is 11.5 Å². The summed E-state index contributed by atoms with van der Waals surface area (Å²) in [6.07, 6.45) is -0.166. The molecule has 0 radical (unpaired) electrons. The molecule has 4 N–H and O–H groups in total. The van der Waals surface area contributed by atoms with Crippen molar-refractivity contribution >= 4 is 5.97 Å². The number of carbonyl (C=O) groups excluding carboxylic acids is 1. The quantitative estimate of drug-likeness (QED) is 0.591. The SMILES string of the molecule is CC1OC(=O)C2=C1OC(CCc1ccc(O)cc1)(c1c(O)cc(O)cc1O)O2. The van der Waals surface area contributed by atoms with Crippen molar-refractivity contribution in [3.05, 3.63) is 59.0 Å². The van der Waals surface area contributed by atoms with E-state index in [-0.39, 0.29) is 35.0 Å². The molecule has 2 aliphatic rings. The molecule has 4 rings (SSSR count). The zero-order valence-corrected chi connectivity index (χ0v) is 14.9. The summed E-state index contributed by atoms with van der Waals surface area (Å²) in [5, 5.41) is 39.8. The molecule has 8 heteroatoms. The number of ether oxygens (including phenoxy) is 3. The lowest BCUT2D eigenvalue weighted by molar-refractivity contribution is -0.194. The lowest BCUT2D eigenvalue weighted by Gasteiger charge is -2.31. The Hall–Kier alpha value is -3.55. The van der Waals surface area contributed by atoms with E-state index in [0.717, 1.165) is 17.7 Å². The van der Waals surface area contributed by atoms with Gasteiger partial charge < -0.3 is 34.6 Å². The van der Waals surface area contributed by atoms with Crippen LogP contribution in [0, 0.1) is 0 Å². The van der Waals surface area contributed by atoms with E-state index >= 15 is 0 Å². The van der Waals surface area contributed by atoms with E-state index in [4.69, 9.17) is 14.2 Å². The minimum absolute atomic E-state index is 0.0986. The fourth-order valence-corrected chi connectivity index (χ4v) is 3.43. The molecule has 28 heavy (non-hydrogen) atoms.